The molecule has 1 atom stereocenters. The van der Waals surface area contributed by atoms with Crippen molar-refractivity contribution < 1.29 is 20.1 Å². The molecule has 0 amide bonds. The number of ether oxygens (including phenoxy) is 1. The number of aromatic nitrogens is 5. The molecule has 0 radical (unpaired) electrons. The third kappa shape index (κ3) is 3.92. The number of fused-ring (bicyclic) bond motifs is 1. The van der Waals surface area contributed by atoms with Gasteiger partial charge in [0.25, 0.3) is 0 Å². The Morgan fingerprint density at radius 2 is 1.96 bits per heavy atom. The van der Waals surface area contributed by atoms with Crippen molar-refractivity contribution in [1.29, 1.82) is 0 Å². The lowest BCUT2D eigenvalue weighted by Crippen LogP contribution is -2.17. The molecule has 11 heteroatoms. The Kier molecular flexibility index (Phi) is 5.12. The quantitative estimate of drug-likeness (QED) is 0.371. The lowest BCUT2D eigenvalue weighted by Gasteiger charge is -2.12. The molecule has 0 spiro atoms. The average molecular weight is 375 g/mol. The predicted molar refractivity (Wildman–Crippen MR) is 97.9 cm³/mol. The highest BCUT2D eigenvalue weighted by atomic mass is 16.5. The van der Waals surface area contributed by atoms with Crippen molar-refractivity contribution in [2.45, 2.75) is 19.6 Å². The summed E-state index contributed by atoms with van der Waals surface area (Å²) in [4.78, 5) is 8.69. The van der Waals surface area contributed by atoms with Crippen LogP contribution in [0.15, 0.2) is 12.1 Å². The predicted octanol–water partition coefficient (Wildman–Crippen LogP) is 0.583. The number of hydrogen-bond acceptors (Lipinski definition) is 10. The molecule has 11 nitrogen and oxygen atoms in total. The number of aliphatic hydroxyl groups is 1. The Morgan fingerprint density at radius 3 is 2.67 bits per heavy atom. The number of rotatable bonds is 7. The number of methoxy groups -OCH3 is 1. The van der Waals surface area contributed by atoms with E-state index in [-0.39, 0.29) is 30.3 Å². The highest BCUT2D eigenvalue weighted by Gasteiger charge is 2.15. The van der Waals surface area contributed by atoms with Crippen molar-refractivity contribution in [1.82, 2.24) is 25.0 Å². The average Bonchev–Trinajstić information content (AvgIpc) is 3.01. The third-order valence-corrected chi connectivity index (χ3v) is 3.83. The van der Waals surface area contributed by atoms with Gasteiger partial charge in [0.15, 0.2) is 28.5 Å². The molecule has 0 aliphatic carbocycles. The Bertz CT molecular complexity index is 958. The minimum Gasteiger partial charge on any atom is -0.507 e. The van der Waals surface area contributed by atoms with Gasteiger partial charge in [-0.1, -0.05) is 5.21 Å². The number of aliphatic hydroxyl groups excluding tert-OH is 1. The van der Waals surface area contributed by atoms with Gasteiger partial charge in [0.1, 0.15) is 5.75 Å². The highest BCUT2D eigenvalue weighted by Crippen LogP contribution is 2.33. The molecule has 3 rings (SSSR count). The van der Waals surface area contributed by atoms with Gasteiger partial charge >= 0.3 is 0 Å². The Balaban J connectivity index is 1.89. The lowest BCUT2D eigenvalue weighted by molar-refractivity contribution is 0.208. The first-order valence-corrected chi connectivity index (χ1v) is 8.21. The van der Waals surface area contributed by atoms with Crippen LogP contribution < -0.4 is 15.4 Å². The van der Waals surface area contributed by atoms with Crippen LogP contribution in [0.5, 0.6) is 17.2 Å². The van der Waals surface area contributed by atoms with E-state index in [9.17, 15) is 15.3 Å². The van der Waals surface area contributed by atoms with Crippen molar-refractivity contribution in [3.8, 4) is 17.2 Å². The Morgan fingerprint density at radius 1 is 1.19 bits per heavy atom. The van der Waals surface area contributed by atoms with Crippen molar-refractivity contribution in [3.05, 3.63) is 17.7 Å². The summed E-state index contributed by atoms with van der Waals surface area (Å²) in [6.45, 7) is 2.10. The molecular weight excluding hydrogens is 354 g/mol. The van der Waals surface area contributed by atoms with Gasteiger partial charge in [-0.2, -0.15) is 9.97 Å². The second-order valence-corrected chi connectivity index (χ2v) is 6.02. The molecule has 0 aliphatic rings. The van der Waals surface area contributed by atoms with E-state index in [1.54, 1.807) is 14.0 Å². The number of phenolic OH excluding ortho intramolecular Hbond substituents is 2. The monoisotopic (exact) mass is 375 g/mol. The molecule has 3 aromatic rings. The van der Waals surface area contributed by atoms with Crippen LogP contribution >= 0.6 is 0 Å². The zero-order valence-corrected chi connectivity index (χ0v) is 15.1. The van der Waals surface area contributed by atoms with E-state index in [0.717, 1.165) is 0 Å². The van der Waals surface area contributed by atoms with Gasteiger partial charge in [0, 0.05) is 31.8 Å². The van der Waals surface area contributed by atoms with Crippen molar-refractivity contribution in [3.63, 3.8) is 0 Å². The molecule has 5 N–H and O–H groups in total. The summed E-state index contributed by atoms with van der Waals surface area (Å²) in [5, 5.41) is 43.5. The van der Waals surface area contributed by atoms with Gasteiger partial charge in [-0.3, -0.25) is 0 Å². The van der Waals surface area contributed by atoms with Crippen molar-refractivity contribution in [2.24, 2.45) is 7.05 Å². The molecule has 1 unspecified atom stereocenters. The van der Waals surface area contributed by atoms with Crippen LogP contribution in [-0.4, -0.2) is 60.0 Å². The largest absolute Gasteiger partial charge is 0.507 e. The Hall–Kier alpha value is -3.34. The molecule has 2 aromatic heterocycles. The van der Waals surface area contributed by atoms with Crippen LogP contribution in [0.2, 0.25) is 0 Å². The molecule has 0 fully saturated rings. The van der Waals surface area contributed by atoms with Crippen LogP contribution in [0, 0.1) is 0 Å². The molecule has 144 valence electrons. The smallest absolute Gasteiger partial charge is 0.226 e. The van der Waals surface area contributed by atoms with E-state index < -0.39 is 6.10 Å². The summed E-state index contributed by atoms with van der Waals surface area (Å²) < 4.78 is 6.47. The van der Waals surface area contributed by atoms with Gasteiger partial charge in [0.05, 0.1) is 13.2 Å². The first-order chi connectivity index (χ1) is 12.9. The van der Waals surface area contributed by atoms with Gasteiger partial charge in [-0.15, -0.1) is 5.10 Å². The van der Waals surface area contributed by atoms with Gasteiger partial charge in [-0.25, -0.2) is 4.68 Å². The van der Waals surface area contributed by atoms with E-state index in [1.807, 2.05) is 0 Å². The summed E-state index contributed by atoms with van der Waals surface area (Å²) in [5.74, 6) is 0.765. The fourth-order valence-electron chi connectivity index (χ4n) is 2.44. The normalized spacial score (nSPS) is 12.1. The van der Waals surface area contributed by atoms with Gasteiger partial charge in [0.2, 0.25) is 5.95 Å². The minimum atomic E-state index is -0.565. The van der Waals surface area contributed by atoms with Crippen LogP contribution in [0.4, 0.5) is 11.8 Å². The molecule has 27 heavy (non-hydrogen) atoms. The number of nitrogens with zero attached hydrogens (tertiary/aromatic N) is 5. The zero-order valence-electron chi connectivity index (χ0n) is 15.1. The van der Waals surface area contributed by atoms with Crippen LogP contribution in [0.1, 0.15) is 12.5 Å². The Labute approximate surface area is 154 Å². The lowest BCUT2D eigenvalue weighted by atomic mass is 10.1. The SMILES string of the molecule is COc1cc(O)c(CNc2nc(NCC(C)O)nc3c2nnn3C)cc1O. The number of nitrogens with one attached hydrogen (secondary N) is 2. The molecule has 1 aromatic carbocycles. The maximum absolute atomic E-state index is 10.1. The summed E-state index contributed by atoms with van der Waals surface area (Å²) >= 11 is 0. The van der Waals surface area contributed by atoms with Crippen LogP contribution in [0.3, 0.4) is 0 Å². The van der Waals surface area contributed by atoms with E-state index in [2.05, 4.69) is 30.9 Å². The summed E-state index contributed by atoms with van der Waals surface area (Å²) in [7, 11) is 3.11. The number of anilines is 2. The maximum Gasteiger partial charge on any atom is 0.226 e. The molecule has 0 saturated carbocycles. The number of phenols is 2. The van der Waals surface area contributed by atoms with Crippen molar-refractivity contribution in [2.75, 3.05) is 24.3 Å². The summed E-state index contributed by atoms with van der Waals surface area (Å²) in [6.07, 6.45) is -0.565. The first-order valence-electron chi connectivity index (χ1n) is 8.21. The fraction of sp³-hybridized carbons (Fsp3) is 0.375. The van der Waals surface area contributed by atoms with Gasteiger partial charge < -0.3 is 30.7 Å². The highest BCUT2D eigenvalue weighted by molar-refractivity contribution is 5.83. The zero-order chi connectivity index (χ0) is 19.6. The first kappa shape index (κ1) is 18.5. The number of benzene rings is 1. The molecule has 0 saturated heterocycles. The molecule has 0 aliphatic heterocycles. The standard InChI is InChI=1S/C16H21N7O4/c1-8(24)6-18-16-19-14(13-15(20-16)23(2)22-21-13)17-7-9-4-11(26)12(27-3)5-10(9)25/h4-5,8,24-26H,6-7H2,1-3H3,(H2,17,18,19,20). The van der Waals surface area contributed by atoms with Crippen LogP contribution in [0.25, 0.3) is 11.2 Å². The summed E-state index contributed by atoms with van der Waals surface area (Å²) in [6, 6.07) is 2.74. The minimum absolute atomic E-state index is 0.0333. The fourth-order valence-corrected chi connectivity index (χ4v) is 2.44. The molecular formula is C16H21N7O4. The molecule has 0 bridgehead atoms. The second kappa shape index (κ2) is 7.50. The number of aromatic hydroxyl groups is 2. The van der Waals surface area contributed by atoms with E-state index in [0.29, 0.717) is 28.5 Å². The second-order valence-electron chi connectivity index (χ2n) is 6.02. The third-order valence-electron chi connectivity index (χ3n) is 3.83. The van der Waals surface area contributed by atoms with E-state index in [4.69, 9.17) is 4.74 Å². The number of hydrogen-bond donors (Lipinski definition) is 5. The maximum atomic E-state index is 10.1. The van der Waals surface area contributed by atoms with Crippen LogP contribution in [-0.2, 0) is 13.6 Å². The van der Waals surface area contributed by atoms with E-state index in [1.165, 1.54) is 23.9 Å². The van der Waals surface area contributed by atoms with E-state index >= 15 is 0 Å². The number of aryl methyl sites for hydroxylation is 1. The topological polar surface area (TPSA) is 150 Å². The molecule has 2 heterocycles. The van der Waals surface area contributed by atoms with Crippen molar-refractivity contribution >= 4 is 22.9 Å². The summed E-state index contributed by atoms with van der Waals surface area (Å²) in [5.41, 5.74) is 1.40. The van der Waals surface area contributed by atoms with Gasteiger partial charge in [-0.05, 0) is 13.0 Å².